The minimum Gasteiger partial charge on any atom is -0.443 e. The molecule has 2 aliphatic heterocycles. The van der Waals surface area contributed by atoms with Gasteiger partial charge in [0, 0.05) is 28.9 Å². The maximum absolute atomic E-state index is 13.4. The molecular formula is C25H24F3N3O3. The van der Waals surface area contributed by atoms with Crippen molar-refractivity contribution in [2.24, 2.45) is 0 Å². The Morgan fingerprint density at radius 1 is 1.00 bits per heavy atom. The van der Waals surface area contributed by atoms with Gasteiger partial charge in [-0.05, 0) is 55.6 Å². The van der Waals surface area contributed by atoms with Crippen LogP contribution in [0, 0.1) is 0 Å². The number of carbonyl (C=O) groups excluding carboxylic acids is 1. The van der Waals surface area contributed by atoms with Gasteiger partial charge in [0.1, 0.15) is 6.10 Å². The van der Waals surface area contributed by atoms with E-state index in [1.165, 1.54) is 35.6 Å². The van der Waals surface area contributed by atoms with Crippen LogP contribution in [-0.4, -0.2) is 48.3 Å². The number of rotatable bonds is 4. The summed E-state index contributed by atoms with van der Waals surface area (Å²) in [5.74, 6) is 0. The maximum Gasteiger partial charge on any atom is 0.417 e. The molecule has 2 aliphatic rings. The summed E-state index contributed by atoms with van der Waals surface area (Å²) >= 11 is 0. The summed E-state index contributed by atoms with van der Waals surface area (Å²) in [6, 6.07) is 11.6. The Morgan fingerprint density at radius 3 is 2.53 bits per heavy atom. The molecule has 5 rings (SSSR count). The van der Waals surface area contributed by atoms with Crippen LogP contribution in [0.5, 0.6) is 0 Å². The number of aromatic nitrogens is 1. The second-order valence-electron chi connectivity index (χ2n) is 8.80. The molecule has 2 saturated heterocycles. The summed E-state index contributed by atoms with van der Waals surface area (Å²) in [4.78, 5) is 31.7. The van der Waals surface area contributed by atoms with Crippen molar-refractivity contribution in [2.45, 2.75) is 31.5 Å². The molecule has 1 atom stereocenters. The molecule has 0 spiro atoms. The lowest BCUT2D eigenvalue weighted by Gasteiger charge is -2.27. The summed E-state index contributed by atoms with van der Waals surface area (Å²) in [5, 5.41) is 0.773. The number of benzene rings is 2. The normalized spacial score (nSPS) is 19.6. The second-order valence-corrected chi connectivity index (χ2v) is 8.80. The molecule has 0 bridgehead atoms. The number of cyclic esters (lactones) is 1. The number of fused-ring (bicyclic) bond motifs is 1. The van der Waals surface area contributed by atoms with Gasteiger partial charge in [-0.15, -0.1) is 0 Å². The largest absolute Gasteiger partial charge is 0.443 e. The van der Waals surface area contributed by atoms with Crippen molar-refractivity contribution in [3.63, 3.8) is 0 Å². The molecule has 0 unspecified atom stereocenters. The average molecular weight is 471 g/mol. The van der Waals surface area contributed by atoms with Crippen LogP contribution in [0.1, 0.15) is 24.8 Å². The van der Waals surface area contributed by atoms with Gasteiger partial charge in [0.25, 0.3) is 5.56 Å². The van der Waals surface area contributed by atoms with Crippen molar-refractivity contribution < 1.29 is 22.7 Å². The Morgan fingerprint density at radius 2 is 1.76 bits per heavy atom. The van der Waals surface area contributed by atoms with Crippen LogP contribution in [0.25, 0.3) is 22.0 Å². The predicted molar refractivity (Wildman–Crippen MR) is 123 cm³/mol. The number of likely N-dealkylation sites (tertiary alicyclic amines) is 1. The molecule has 178 valence electrons. The first-order valence-electron chi connectivity index (χ1n) is 11.3. The SMILES string of the molecule is O=C1O[C@H](CN2CCCCC2)CN1c1ccc2cc(-c3ccccc3C(F)(F)F)[nH]c(=O)c2c1. The number of alkyl halides is 3. The number of hydrogen-bond acceptors (Lipinski definition) is 4. The zero-order valence-corrected chi connectivity index (χ0v) is 18.4. The molecule has 1 N–H and O–H groups in total. The highest BCUT2D eigenvalue weighted by atomic mass is 19.4. The first-order valence-corrected chi connectivity index (χ1v) is 11.3. The quantitative estimate of drug-likeness (QED) is 0.580. The molecule has 1 amide bonds. The van der Waals surface area contributed by atoms with E-state index in [4.69, 9.17) is 4.74 Å². The van der Waals surface area contributed by atoms with Crippen LogP contribution in [-0.2, 0) is 10.9 Å². The Bertz CT molecular complexity index is 1280. The molecule has 3 heterocycles. The summed E-state index contributed by atoms with van der Waals surface area (Å²) in [5.41, 5.74) is -0.834. The fraction of sp³-hybridized carbons (Fsp3) is 0.360. The number of ether oxygens (including phenoxy) is 1. The number of amides is 1. The van der Waals surface area contributed by atoms with E-state index < -0.39 is 23.4 Å². The van der Waals surface area contributed by atoms with Gasteiger partial charge in [-0.2, -0.15) is 13.2 Å². The number of piperidine rings is 1. The van der Waals surface area contributed by atoms with E-state index in [1.807, 2.05) is 0 Å². The first kappa shape index (κ1) is 22.5. The molecule has 0 radical (unpaired) electrons. The van der Waals surface area contributed by atoms with E-state index in [0.29, 0.717) is 24.2 Å². The highest BCUT2D eigenvalue weighted by molar-refractivity contribution is 5.94. The molecule has 3 aromatic rings. The Labute approximate surface area is 193 Å². The summed E-state index contributed by atoms with van der Waals surface area (Å²) in [6.07, 6.45) is -1.75. The molecule has 34 heavy (non-hydrogen) atoms. The number of halogens is 3. The lowest BCUT2D eigenvalue weighted by atomic mass is 10.0. The fourth-order valence-electron chi connectivity index (χ4n) is 4.78. The van der Waals surface area contributed by atoms with Crippen molar-refractivity contribution in [1.82, 2.24) is 9.88 Å². The van der Waals surface area contributed by atoms with Gasteiger partial charge >= 0.3 is 12.3 Å². The van der Waals surface area contributed by atoms with Gasteiger partial charge < -0.3 is 9.72 Å². The topological polar surface area (TPSA) is 65.6 Å². The third-order valence-electron chi connectivity index (χ3n) is 6.45. The molecule has 2 aromatic carbocycles. The fourth-order valence-corrected chi connectivity index (χ4v) is 4.78. The number of aromatic amines is 1. The number of carbonyl (C=O) groups is 1. The molecular weight excluding hydrogens is 447 g/mol. The number of nitrogens with one attached hydrogen (secondary N) is 1. The van der Waals surface area contributed by atoms with Crippen molar-refractivity contribution in [2.75, 3.05) is 31.1 Å². The smallest absolute Gasteiger partial charge is 0.417 e. The van der Waals surface area contributed by atoms with E-state index in [-0.39, 0.29) is 22.7 Å². The lowest BCUT2D eigenvalue weighted by Crippen LogP contribution is -2.38. The van der Waals surface area contributed by atoms with Crippen molar-refractivity contribution in [3.05, 3.63) is 64.4 Å². The second kappa shape index (κ2) is 8.79. The molecule has 1 aromatic heterocycles. The highest BCUT2D eigenvalue weighted by Gasteiger charge is 2.35. The van der Waals surface area contributed by atoms with Gasteiger partial charge in [-0.25, -0.2) is 4.79 Å². The summed E-state index contributed by atoms with van der Waals surface area (Å²) < 4.78 is 45.9. The predicted octanol–water partition coefficient (Wildman–Crippen LogP) is 5.03. The minimum absolute atomic E-state index is 0.0837. The van der Waals surface area contributed by atoms with Crippen LogP contribution in [0.4, 0.5) is 23.7 Å². The van der Waals surface area contributed by atoms with Gasteiger partial charge in [0.05, 0.1) is 12.1 Å². The number of anilines is 1. The van der Waals surface area contributed by atoms with Crippen molar-refractivity contribution >= 4 is 22.6 Å². The monoisotopic (exact) mass is 471 g/mol. The van der Waals surface area contributed by atoms with Gasteiger partial charge in [0.2, 0.25) is 0 Å². The Hall–Kier alpha value is -3.33. The summed E-state index contributed by atoms with van der Waals surface area (Å²) in [7, 11) is 0. The first-order chi connectivity index (χ1) is 16.3. The highest BCUT2D eigenvalue weighted by Crippen LogP contribution is 2.36. The van der Waals surface area contributed by atoms with Crippen LogP contribution >= 0.6 is 0 Å². The van der Waals surface area contributed by atoms with Gasteiger partial charge in [-0.3, -0.25) is 14.6 Å². The Kier molecular flexibility index (Phi) is 5.81. The van der Waals surface area contributed by atoms with Gasteiger partial charge in [-0.1, -0.05) is 30.7 Å². The van der Waals surface area contributed by atoms with E-state index >= 15 is 0 Å². The summed E-state index contributed by atoms with van der Waals surface area (Å²) in [6.45, 7) is 3.06. The maximum atomic E-state index is 13.4. The van der Waals surface area contributed by atoms with Crippen LogP contribution < -0.4 is 10.5 Å². The van der Waals surface area contributed by atoms with Gasteiger partial charge in [0.15, 0.2) is 0 Å². The standard InChI is InChI=1S/C25H24F3N3O3/c26-25(27,28)21-7-3-2-6-19(21)22-12-16-8-9-17(13-20(16)23(32)29-22)31-15-18(34-24(31)33)14-30-10-4-1-5-11-30/h2-3,6-9,12-13,18H,1,4-5,10-11,14-15H2,(H,29,32)/t18-/m1/s1. The zero-order chi connectivity index (χ0) is 23.9. The van der Waals surface area contributed by atoms with E-state index in [0.717, 1.165) is 32.0 Å². The molecule has 0 aliphatic carbocycles. The van der Waals surface area contributed by atoms with Crippen LogP contribution in [0.15, 0.2) is 53.3 Å². The van der Waals surface area contributed by atoms with Crippen molar-refractivity contribution in [3.8, 4) is 11.3 Å². The van der Waals surface area contributed by atoms with Crippen LogP contribution in [0.2, 0.25) is 0 Å². The van der Waals surface area contributed by atoms with E-state index in [2.05, 4.69) is 9.88 Å². The number of pyridine rings is 1. The molecule has 0 saturated carbocycles. The number of hydrogen-bond donors (Lipinski definition) is 1. The van der Waals surface area contributed by atoms with Crippen LogP contribution in [0.3, 0.4) is 0 Å². The number of nitrogens with zero attached hydrogens (tertiary/aromatic N) is 2. The zero-order valence-electron chi connectivity index (χ0n) is 18.4. The van der Waals surface area contributed by atoms with Crippen molar-refractivity contribution in [1.29, 1.82) is 0 Å². The third kappa shape index (κ3) is 4.40. The number of H-pyrrole nitrogens is 1. The minimum atomic E-state index is -4.55. The third-order valence-corrected chi connectivity index (χ3v) is 6.45. The molecule has 9 heteroatoms. The van der Waals surface area contributed by atoms with E-state index in [1.54, 1.807) is 18.2 Å². The Balaban J connectivity index is 1.42. The molecule has 2 fully saturated rings. The van der Waals surface area contributed by atoms with E-state index in [9.17, 15) is 22.8 Å². The molecule has 6 nitrogen and oxygen atoms in total. The average Bonchev–Trinajstić information content (AvgIpc) is 3.18. The lowest BCUT2D eigenvalue weighted by molar-refractivity contribution is -0.137.